The van der Waals surface area contributed by atoms with Gasteiger partial charge in [-0.3, -0.25) is 9.52 Å². The molecule has 1 unspecified atom stereocenters. The lowest BCUT2D eigenvalue weighted by Crippen LogP contribution is -2.56. The lowest BCUT2D eigenvalue weighted by atomic mass is 9.70. The number of nitrogens with zero attached hydrogens (tertiary/aromatic N) is 2. The van der Waals surface area contributed by atoms with Crippen molar-refractivity contribution in [3.8, 4) is 5.75 Å². The molecule has 5 atom stereocenters. The average molecular weight is 713 g/mol. The minimum Gasteiger partial charge on any atom is -0.491 e. The lowest BCUT2D eigenvalue weighted by Gasteiger charge is -2.43. The van der Waals surface area contributed by atoms with Crippen molar-refractivity contribution < 1.29 is 28.4 Å². The van der Waals surface area contributed by atoms with E-state index in [0.29, 0.717) is 55.0 Å². The Morgan fingerprint density at radius 1 is 1.16 bits per heavy atom. The smallest absolute Gasteiger partial charge is 0.327 e. The minimum atomic E-state index is -3.53. The van der Waals surface area contributed by atoms with Crippen molar-refractivity contribution in [2.24, 2.45) is 22.1 Å². The highest BCUT2D eigenvalue weighted by molar-refractivity contribution is 7.92. The fraction of sp³-hybridized carbons (Fsp3) is 0.568. The van der Waals surface area contributed by atoms with E-state index in [1.807, 2.05) is 13.0 Å². The summed E-state index contributed by atoms with van der Waals surface area (Å²) in [6, 6.07) is 10.4. The van der Waals surface area contributed by atoms with Crippen molar-refractivity contribution in [1.29, 1.82) is 0 Å². The number of fused-ring (bicyclic) bond motifs is 3. The van der Waals surface area contributed by atoms with Crippen molar-refractivity contribution in [3.63, 3.8) is 0 Å². The van der Waals surface area contributed by atoms with Gasteiger partial charge in [0.25, 0.3) is 5.91 Å². The van der Waals surface area contributed by atoms with E-state index in [1.165, 1.54) is 11.1 Å². The summed E-state index contributed by atoms with van der Waals surface area (Å²) >= 11 is 6.45. The number of benzene rings is 2. The first-order valence-corrected chi connectivity index (χ1v) is 19.5. The molecular formula is C37H49ClN4O6S. The number of halogens is 1. The summed E-state index contributed by atoms with van der Waals surface area (Å²) in [5.41, 5.74) is 2.58. The number of urea groups is 1. The summed E-state index contributed by atoms with van der Waals surface area (Å²) in [5.74, 6) is 0.519. The molecule has 4 aliphatic rings. The second kappa shape index (κ2) is 15.0. The van der Waals surface area contributed by atoms with Crippen molar-refractivity contribution in [3.05, 3.63) is 70.3 Å². The number of rotatable bonds is 3. The maximum absolute atomic E-state index is 14.4. The van der Waals surface area contributed by atoms with Crippen LogP contribution in [0.2, 0.25) is 5.02 Å². The van der Waals surface area contributed by atoms with Gasteiger partial charge in [-0.2, -0.15) is 0 Å². The second-order valence-electron chi connectivity index (χ2n) is 14.6. The van der Waals surface area contributed by atoms with Crippen LogP contribution in [0, 0.1) is 17.8 Å². The third-order valence-corrected chi connectivity index (χ3v) is 12.6. The molecular weight excluding hydrogens is 664 g/mol. The highest BCUT2D eigenvalue weighted by Crippen LogP contribution is 2.42. The molecule has 0 radical (unpaired) electrons. The summed E-state index contributed by atoms with van der Waals surface area (Å²) in [7, 11) is -1.78. The van der Waals surface area contributed by atoms with E-state index >= 15 is 0 Å². The largest absolute Gasteiger partial charge is 0.491 e. The number of methoxy groups -OCH3 is 1. The quantitative estimate of drug-likeness (QED) is 0.313. The fourth-order valence-electron chi connectivity index (χ4n) is 7.64. The molecule has 12 heteroatoms. The number of anilines is 1. The van der Waals surface area contributed by atoms with Gasteiger partial charge >= 0.3 is 6.03 Å². The van der Waals surface area contributed by atoms with Crippen LogP contribution >= 0.6 is 11.6 Å². The molecule has 3 N–H and O–H groups in total. The molecule has 2 aromatic rings. The van der Waals surface area contributed by atoms with Crippen molar-refractivity contribution in [2.75, 3.05) is 30.9 Å². The standard InChI is InChI=1S/C37H49ClN4O6S/c1-24-7-6-9-33(47-3)31-14-11-28(31)22-42-21-27-10-13-29(38)17-25(27)8-4-5-16-48-34-15-12-26(18-32(34)42)35(43)40-49(46,23-24)41-36(44)39-30-19-37(2,45)20-30/h6,9-10,12-13,15,17-18,24,28,30-31,33,45H,4-5,7-8,11,14,16,19-23H2,1-3H3,(H2,39,40,41,43,44,46)/b9-6+/t24-,28-,30?,31+,33-,37?,49?/m0/s1. The predicted octanol–water partition coefficient (Wildman–Crippen LogP) is 6.43. The second-order valence-corrected chi connectivity index (χ2v) is 17.1. The van der Waals surface area contributed by atoms with Gasteiger partial charge in [0.1, 0.15) is 15.7 Å². The van der Waals surface area contributed by atoms with Gasteiger partial charge in [-0.1, -0.05) is 36.7 Å². The molecule has 0 saturated heterocycles. The van der Waals surface area contributed by atoms with Crippen molar-refractivity contribution in [2.45, 2.75) is 89.5 Å². The van der Waals surface area contributed by atoms with Gasteiger partial charge in [-0.25, -0.2) is 9.00 Å². The Labute approximate surface area is 295 Å². The van der Waals surface area contributed by atoms with Crippen molar-refractivity contribution >= 4 is 39.1 Å². The summed E-state index contributed by atoms with van der Waals surface area (Å²) in [5, 5.41) is 13.6. The lowest BCUT2D eigenvalue weighted by molar-refractivity contribution is -0.0353. The van der Waals surface area contributed by atoms with E-state index in [4.69, 9.17) is 21.1 Å². The minimum absolute atomic E-state index is 0.0118. The van der Waals surface area contributed by atoms with Crippen LogP contribution in [0.3, 0.4) is 0 Å². The normalized spacial score (nSPS) is 32.7. The Balaban J connectivity index is 1.40. The number of hydrogen-bond donors (Lipinski definition) is 3. The van der Waals surface area contributed by atoms with E-state index in [2.05, 4.69) is 43.6 Å². The van der Waals surface area contributed by atoms with Crippen LogP contribution < -0.4 is 19.7 Å². The molecule has 2 saturated carbocycles. The molecule has 49 heavy (non-hydrogen) atoms. The van der Waals surface area contributed by atoms with E-state index in [1.54, 1.807) is 32.2 Å². The summed E-state index contributed by atoms with van der Waals surface area (Å²) in [6.45, 7) is 5.50. The molecule has 266 valence electrons. The van der Waals surface area contributed by atoms with Crippen LogP contribution in [0.15, 0.2) is 52.9 Å². The molecule has 2 heterocycles. The molecule has 2 aliphatic carbocycles. The highest BCUT2D eigenvalue weighted by Gasteiger charge is 2.40. The molecule has 0 spiro atoms. The van der Waals surface area contributed by atoms with E-state index < -0.39 is 27.5 Å². The number of nitrogens with one attached hydrogen (secondary N) is 2. The summed E-state index contributed by atoms with van der Waals surface area (Å²) in [4.78, 5) is 29.2. The van der Waals surface area contributed by atoms with Gasteiger partial charge in [-0.05, 0) is 118 Å². The maximum Gasteiger partial charge on any atom is 0.327 e. The number of hydrogen-bond acceptors (Lipinski definition) is 7. The molecule has 2 aliphatic heterocycles. The first-order chi connectivity index (χ1) is 23.4. The first kappa shape index (κ1) is 35.7. The SMILES string of the molecule is CO[C@H]1/C=C/C[C@H](C)CS(=O)(NC(=O)NC2CC(C)(O)C2)=NC(=O)c2ccc3c(c2)N(Cc2ccc(Cl)cc2CCCCO3)C[C@@H]2CC[C@H]21. The Kier molecular flexibility index (Phi) is 10.9. The predicted molar refractivity (Wildman–Crippen MR) is 192 cm³/mol. The third-order valence-electron chi connectivity index (χ3n) is 10.4. The Bertz CT molecular complexity index is 1700. The monoisotopic (exact) mass is 712 g/mol. The molecule has 0 aromatic heterocycles. The van der Waals surface area contributed by atoms with Gasteiger partial charge in [0.2, 0.25) is 0 Å². The average Bonchev–Trinajstić information content (AvgIpc) is 3.03. The van der Waals surface area contributed by atoms with Crippen LogP contribution in [0.1, 0.15) is 80.3 Å². The topological polar surface area (TPSA) is 130 Å². The number of aliphatic hydroxyl groups is 1. The summed E-state index contributed by atoms with van der Waals surface area (Å²) in [6.07, 6.45) is 10.3. The molecule has 6 rings (SSSR count). The molecule has 2 aromatic carbocycles. The van der Waals surface area contributed by atoms with Crippen LogP contribution in [0.25, 0.3) is 0 Å². The molecule has 3 amide bonds. The zero-order valence-corrected chi connectivity index (χ0v) is 30.2. The number of amides is 3. The maximum atomic E-state index is 14.4. The number of aryl methyl sites for hydroxylation is 1. The Morgan fingerprint density at radius 3 is 2.71 bits per heavy atom. The van der Waals surface area contributed by atoms with Crippen LogP contribution in [0.5, 0.6) is 5.75 Å². The zero-order chi connectivity index (χ0) is 34.8. The van der Waals surface area contributed by atoms with Gasteiger partial charge < -0.3 is 24.8 Å². The van der Waals surface area contributed by atoms with E-state index in [0.717, 1.165) is 44.3 Å². The number of allylic oxidation sites excluding steroid dienone is 1. The number of carbonyl (C=O) groups is 2. The highest BCUT2D eigenvalue weighted by atomic mass is 35.5. The Hall–Kier alpha value is -3.12. The van der Waals surface area contributed by atoms with Gasteiger partial charge in [0, 0.05) is 36.8 Å². The van der Waals surface area contributed by atoms with Crippen LogP contribution in [0.4, 0.5) is 10.5 Å². The zero-order valence-electron chi connectivity index (χ0n) is 28.7. The van der Waals surface area contributed by atoms with Crippen LogP contribution in [-0.2, 0) is 27.6 Å². The molecule has 2 bridgehead atoms. The molecule has 2 fully saturated rings. The number of carbonyl (C=O) groups excluding carboxylic acids is 2. The van der Waals surface area contributed by atoms with Gasteiger partial charge in [-0.15, -0.1) is 4.36 Å². The third kappa shape index (κ3) is 8.79. The van der Waals surface area contributed by atoms with Crippen LogP contribution in [-0.4, -0.2) is 65.0 Å². The fourth-order valence-corrected chi connectivity index (χ4v) is 9.67. The number of ether oxygens (including phenoxy) is 2. The molecule has 10 nitrogen and oxygen atoms in total. The first-order valence-electron chi connectivity index (χ1n) is 17.5. The van der Waals surface area contributed by atoms with E-state index in [-0.39, 0.29) is 29.4 Å². The van der Waals surface area contributed by atoms with Gasteiger partial charge in [0.15, 0.2) is 0 Å². The Morgan fingerprint density at radius 2 is 1.98 bits per heavy atom. The summed E-state index contributed by atoms with van der Waals surface area (Å²) < 4.78 is 33.5. The van der Waals surface area contributed by atoms with Crippen molar-refractivity contribution in [1.82, 2.24) is 10.0 Å². The van der Waals surface area contributed by atoms with E-state index in [9.17, 15) is 18.9 Å². The van der Waals surface area contributed by atoms with Gasteiger partial charge in [0.05, 0.1) is 29.8 Å².